The Morgan fingerprint density at radius 3 is 2.61 bits per heavy atom. The summed E-state index contributed by atoms with van der Waals surface area (Å²) in [5, 5.41) is 2.65. The monoisotopic (exact) mass is 515 g/mol. The Labute approximate surface area is 190 Å². The van der Waals surface area contributed by atoms with Gasteiger partial charge in [0.05, 0.1) is 19.4 Å². The van der Waals surface area contributed by atoms with Crippen LogP contribution in [0.25, 0.3) is 0 Å². The summed E-state index contributed by atoms with van der Waals surface area (Å²) in [5.41, 5.74) is -0.285. The molecule has 0 saturated heterocycles. The Morgan fingerprint density at radius 2 is 1.97 bits per heavy atom. The van der Waals surface area contributed by atoms with Gasteiger partial charge in [-0.25, -0.2) is 4.79 Å². The molecule has 0 bridgehead atoms. The van der Waals surface area contributed by atoms with Crippen LogP contribution in [0.1, 0.15) is 27.2 Å². The molecule has 0 unspecified atom stereocenters. The number of rotatable bonds is 9. The maximum atomic E-state index is 12.9. The van der Waals surface area contributed by atoms with Gasteiger partial charge >= 0.3 is 6.09 Å². The number of hydrogen-bond acceptors (Lipinski definition) is 7. The fourth-order valence-corrected chi connectivity index (χ4v) is 4.19. The van der Waals surface area contributed by atoms with Crippen LogP contribution in [-0.4, -0.2) is 45.4 Å². The van der Waals surface area contributed by atoms with Gasteiger partial charge in [-0.3, -0.25) is 9.82 Å². The molecule has 1 amide bonds. The lowest BCUT2D eigenvalue weighted by Crippen LogP contribution is -2.33. The highest BCUT2D eigenvalue weighted by Crippen LogP contribution is 2.27. The van der Waals surface area contributed by atoms with Crippen molar-refractivity contribution in [1.82, 2.24) is 10.3 Å². The van der Waals surface area contributed by atoms with Crippen molar-refractivity contribution >= 4 is 37.7 Å². The molecule has 9 nitrogen and oxygen atoms in total. The summed E-state index contributed by atoms with van der Waals surface area (Å²) in [5.74, 6) is 0.458. The Bertz CT molecular complexity index is 994. The maximum absolute atomic E-state index is 12.9. The van der Waals surface area contributed by atoms with Crippen LogP contribution in [0.5, 0.6) is 5.75 Å². The van der Waals surface area contributed by atoms with Crippen molar-refractivity contribution in [2.24, 2.45) is 0 Å². The highest BCUT2D eigenvalue weighted by molar-refractivity contribution is 9.10. The second-order valence-corrected chi connectivity index (χ2v) is 10.1. The minimum absolute atomic E-state index is 0.0248. The first-order valence-corrected chi connectivity index (χ1v) is 11.7. The van der Waals surface area contributed by atoms with E-state index in [1.165, 1.54) is 25.6 Å². The van der Waals surface area contributed by atoms with E-state index in [-0.39, 0.29) is 10.6 Å². The van der Waals surface area contributed by atoms with Gasteiger partial charge in [-0.1, -0.05) is 6.07 Å². The van der Waals surface area contributed by atoms with E-state index in [1.54, 1.807) is 45.0 Å². The molecule has 2 rings (SSSR count). The molecule has 0 radical (unpaired) electrons. The van der Waals surface area contributed by atoms with Crippen LogP contribution in [-0.2, 0) is 19.6 Å². The quantitative estimate of drug-likeness (QED) is 0.398. The van der Waals surface area contributed by atoms with E-state index in [1.807, 2.05) is 0 Å². The van der Waals surface area contributed by atoms with Crippen LogP contribution in [0.15, 0.2) is 52.1 Å². The van der Waals surface area contributed by atoms with Crippen molar-refractivity contribution in [1.29, 1.82) is 0 Å². The molecular formula is C20H26BrN3O6S. The number of nitrogens with one attached hydrogen (secondary N) is 1. The Hall–Kier alpha value is -2.37. The van der Waals surface area contributed by atoms with Gasteiger partial charge in [-0.2, -0.15) is 8.42 Å². The lowest BCUT2D eigenvalue weighted by atomic mass is 10.2. The highest BCUT2D eigenvalue weighted by atomic mass is 79.9. The van der Waals surface area contributed by atoms with Gasteiger partial charge in [0.1, 0.15) is 16.2 Å². The second-order valence-electron chi connectivity index (χ2n) is 7.38. The number of sulfonamides is 1. The minimum atomic E-state index is -4.00. The lowest BCUT2D eigenvalue weighted by Gasteiger charge is -2.22. The largest absolute Gasteiger partial charge is 0.493 e. The van der Waals surface area contributed by atoms with Crippen molar-refractivity contribution in [3.8, 4) is 5.75 Å². The van der Waals surface area contributed by atoms with Crippen molar-refractivity contribution in [3.05, 3.63) is 47.2 Å². The van der Waals surface area contributed by atoms with Crippen molar-refractivity contribution in [2.75, 3.05) is 24.7 Å². The summed E-state index contributed by atoms with van der Waals surface area (Å²) in [6.45, 7) is 6.07. The predicted molar refractivity (Wildman–Crippen MR) is 119 cm³/mol. The highest BCUT2D eigenvalue weighted by Gasteiger charge is 2.26. The first kappa shape index (κ1) is 24.9. The molecule has 0 aliphatic carbocycles. The number of anilines is 1. The molecule has 0 fully saturated rings. The number of alkyl carbamates (subject to hydrolysis) is 1. The first-order valence-electron chi connectivity index (χ1n) is 9.42. The van der Waals surface area contributed by atoms with Gasteiger partial charge in [-0.05, 0) is 61.3 Å². The van der Waals surface area contributed by atoms with Gasteiger partial charge in [0.2, 0.25) is 0 Å². The Balaban J connectivity index is 1.98. The zero-order valence-electron chi connectivity index (χ0n) is 17.8. The molecule has 31 heavy (non-hydrogen) atoms. The van der Waals surface area contributed by atoms with Crippen LogP contribution >= 0.6 is 15.9 Å². The van der Waals surface area contributed by atoms with E-state index in [0.717, 1.165) is 4.47 Å². The number of hydrogen-bond donors (Lipinski definition) is 1. The van der Waals surface area contributed by atoms with Crippen LogP contribution in [0.2, 0.25) is 0 Å². The molecule has 0 aliphatic heterocycles. The number of ether oxygens (including phenoxy) is 2. The smallest absolute Gasteiger partial charge is 0.407 e. The van der Waals surface area contributed by atoms with Crippen LogP contribution < -0.4 is 14.5 Å². The summed E-state index contributed by atoms with van der Waals surface area (Å²) < 4.78 is 38.0. The minimum Gasteiger partial charge on any atom is -0.493 e. The summed E-state index contributed by atoms with van der Waals surface area (Å²) in [7, 11) is -2.73. The van der Waals surface area contributed by atoms with Crippen molar-refractivity contribution in [2.45, 2.75) is 37.7 Å². The second kappa shape index (κ2) is 10.8. The molecule has 0 saturated carbocycles. The average molecular weight is 516 g/mol. The summed E-state index contributed by atoms with van der Waals surface area (Å²) in [4.78, 5) is 20.6. The molecule has 2 aromatic rings. The number of carbonyl (C=O) groups is 1. The van der Waals surface area contributed by atoms with E-state index < -0.39 is 21.7 Å². The Kier molecular flexibility index (Phi) is 8.66. The SMILES string of the molecule is CON(c1cccc(OCCCNC(=O)OC(C)(C)C)c1)S(=O)(=O)c1cncc(Br)c1. The molecule has 0 spiro atoms. The number of amides is 1. The van der Waals surface area contributed by atoms with E-state index in [9.17, 15) is 13.2 Å². The topological polar surface area (TPSA) is 107 Å². The molecule has 0 aliphatic rings. The normalized spacial score (nSPS) is 11.6. The summed E-state index contributed by atoms with van der Waals surface area (Å²) in [6.07, 6.45) is 2.78. The molecule has 0 atom stereocenters. The fourth-order valence-electron chi connectivity index (χ4n) is 2.43. The van der Waals surface area contributed by atoms with E-state index >= 15 is 0 Å². The number of nitrogens with zero attached hydrogens (tertiary/aromatic N) is 2. The van der Waals surface area contributed by atoms with E-state index in [0.29, 0.717) is 29.8 Å². The molecule has 1 aromatic carbocycles. The third kappa shape index (κ3) is 7.67. The van der Waals surface area contributed by atoms with Crippen LogP contribution in [0.4, 0.5) is 10.5 Å². The van der Waals surface area contributed by atoms with Gasteiger partial charge in [0.15, 0.2) is 0 Å². The third-order valence-electron chi connectivity index (χ3n) is 3.65. The molecule has 170 valence electrons. The van der Waals surface area contributed by atoms with Gasteiger partial charge in [0, 0.05) is 29.5 Å². The van der Waals surface area contributed by atoms with Crippen LogP contribution in [0, 0.1) is 0 Å². The van der Waals surface area contributed by atoms with E-state index in [2.05, 4.69) is 26.2 Å². The van der Waals surface area contributed by atoms with Crippen molar-refractivity contribution < 1.29 is 27.5 Å². The molecule has 11 heteroatoms. The molecule has 1 aromatic heterocycles. The molecule has 1 N–H and O–H groups in total. The molecule has 1 heterocycles. The number of aromatic nitrogens is 1. The number of benzene rings is 1. The molecular weight excluding hydrogens is 490 g/mol. The Morgan fingerprint density at radius 1 is 1.23 bits per heavy atom. The van der Waals surface area contributed by atoms with Gasteiger partial charge in [0.25, 0.3) is 10.0 Å². The first-order chi connectivity index (χ1) is 14.5. The van der Waals surface area contributed by atoms with E-state index in [4.69, 9.17) is 14.3 Å². The van der Waals surface area contributed by atoms with Crippen molar-refractivity contribution in [3.63, 3.8) is 0 Å². The van der Waals surface area contributed by atoms with Gasteiger partial charge < -0.3 is 14.8 Å². The van der Waals surface area contributed by atoms with Gasteiger partial charge in [-0.15, -0.1) is 4.47 Å². The number of carbonyl (C=O) groups excluding carboxylic acids is 1. The zero-order chi connectivity index (χ0) is 23.1. The fraction of sp³-hybridized carbons (Fsp3) is 0.400. The van der Waals surface area contributed by atoms with Crippen LogP contribution in [0.3, 0.4) is 0 Å². The lowest BCUT2D eigenvalue weighted by molar-refractivity contribution is 0.0525. The standard InChI is InChI=1S/C20H26BrN3O6S/c1-20(2,3)30-19(25)23-9-6-10-29-17-8-5-7-16(12-17)24(28-4)31(26,27)18-11-15(21)13-22-14-18/h5,7-8,11-14H,6,9-10H2,1-4H3,(H,23,25). The maximum Gasteiger partial charge on any atom is 0.407 e. The number of halogens is 1. The summed E-state index contributed by atoms with van der Waals surface area (Å²) in [6, 6.07) is 7.93. The predicted octanol–water partition coefficient (Wildman–Crippen LogP) is 3.89. The average Bonchev–Trinajstić information content (AvgIpc) is 2.67. The zero-order valence-corrected chi connectivity index (χ0v) is 20.2. The third-order valence-corrected chi connectivity index (χ3v) is 5.70. The number of pyridine rings is 1. The summed E-state index contributed by atoms with van der Waals surface area (Å²) >= 11 is 3.22.